The van der Waals surface area contributed by atoms with Crippen LogP contribution in [0.3, 0.4) is 0 Å². The minimum absolute atomic E-state index is 0.158. The Bertz CT molecular complexity index is 324. The van der Waals surface area contributed by atoms with Crippen molar-refractivity contribution in [1.82, 2.24) is 0 Å². The van der Waals surface area contributed by atoms with Crippen LogP contribution in [-0.2, 0) is 0 Å². The van der Waals surface area contributed by atoms with Crippen LogP contribution in [-0.4, -0.2) is 8.07 Å². The lowest BCUT2D eigenvalue weighted by Crippen LogP contribution is -2.16. The molecule has 0 bridgehead atoms. The zero-order chi connectivity index (χ0) is 9.19. The number of hydrogen-bond donors (Lipinski definition) is 0. The van der Waals surface area contributed by atoms with Gasteiger partial charge in [-0.15, -0.1) is 5.54 Å². The second-order valence-electron chi connectivity index (χ2n) is 3.60. The van der Waals surface area contributed by atoms with E-state index in [-0.39, 0.29) is 5.13 Å². The van der Waals surface area contributed by atoms with Crippen LogP contribution >= 0.6 is 11.3 Å². The van der Waals surface area contributed by atoms with Crippen LogP contribution < -0.4 is 0 Å². The largest absolute Gasteiger partial charge is 0.195 e. The predicted molar refractivity (Wildman–Crippen MR) is 54.5 cm³/mol. The zero-order valence-electron chi connectivity index (χ0n) is 7.44. The highest BCUT2D eigenvalue weighted by Gasteiger charge is 2.07. The molecule has 0 radical (unpaired) electrons. The summed E-state index contributed by atoms with van der Waals surface area (Å²) < 4.78 is 12.5. The second-order valence-corrected chi connectivity index (χ2v) is 9.39. The minimum Gasteiger partial charge on any atom is -0.195 e. The van der Waals surface area contributed by atoms with Crippen LogP contribution in [0.2, 0.25) is 19.6 Å². The first-order valence-corrected chi connectivity index (χ1v) is 8.07. The van der Waals surface area contributed by atoms with E-state index >= 15 is 0 Å². The molecular formula is C9H11FSSi. The van der Waals surface area contributed by atoms with Crippen molar-refractivity contribution in [1.29, 1.82) is 0 Å². The van der Waals surface area contributed by atoms with Gasteiger partial charge in [-0.3, -0.25) is 0 Å². The van der Waals surface area contributed by atoms with Crippen molar-refractivity contribution in [2.45, 2.75) is 19.6 Å². The minimum atomic E-state index is -1.31. The Morgan fingerprint density at radius 1 is 1.33 bits per heavy atom. The van der Waals surface area contributed by atoms with Gasteiger partial charge in [0.15, 0.2) is 5.13 Å². The second kappa shape index (κ2) is 3.42. The lowest BCUT2D eigenvalue weighted by Gasteiger charge is -2.02. The first-order chi connectivity index (χ1) is 5.47. The SMILES string of the molecule is C[Si](C)(C)C#Cc1ccc(F)s1. The smallest absolute Gasteiger partial charge is 0.177 e. The number of rotatable bonds is 0. The molecule has 0 aromatic carbocycles. The summed E-state index contributed by atoms with van der Waals surface area (Å²) in [5.41, 5.74) is 3.18. The van der Waals surface area contributed by atoms with E-state index < -0.39 is 8.07 Å². The number of halogens is 1. The first-order valence-electron chi connectivity index (χ1n) is 3.76. The van der Waals surface area contributed by atoms with Gasteiger partial charge in [-0.2, -0.15) is 4.39 Å². The fourth-order valence-corrected chi connectivity index (χ4v) is 1.82. The highest BCUT2D eigenvalue weighted by Crippen LogP contribution is 2.12. The molecule has 0 unspecified atom stereocenters. The standard InChI is InChI=1S/C9H11FSSi/c1-12(2,3)7-6-8-4-5-9(10)11-8/h4-5H,1-3H3. The zero-order valence-corrected chi connectivity index (χ0v) is 9.26. The summed E-state index contributed by atoms with van der Waals surface area (Å²) in [7, 11) is -1.31. The highest BCUT2D eigenvalue weighted by atomic mass is 32.1. The molecule has 1 heterocycles. The van der Waals surface area contributed by atoms with E-state index in [1.165, 1.54) is 6.07 Å². The molecule has 0 nitrogen and oxygen atoms in total. The molecule has 3 heteroatoms. The Kier molecular flexibility index (Phi) is 2.71. The van der Waals surface area contributed by atoms with E-state index in [0.29, 0.717) is 0 Å². The van der Waals surface area contributed by atoms with E-state index in [9.17, 15) is 4.39 Å². The molecule has 0 amide bonds. The van der Waals surface area contributed by atoms with Gasteiger partial charge in [0.25, 0.3) is 0 Å². The van der Waals surface area contributed by atoms with Crippen molar-refractivity contribution in [3.05, 3.63) is 22.1 Å². The molecule has 1 aromatic rings. The van der Waals surface area contributed by atoms with Crippen LogP contribution in [0.1, 0.15) is 4.88 Å². The molecule has 0 saturated carbocycles. The van der Waals surface area contributed by atoms with Gasteiger partial charge in [0.05, 0.1) is 4.88 Å². The van der Waals surface area contributed by atoms with Crippen LogP contribution in [0.5, 0.6) is 0 Å². The summed E-state index contributed by atoms with van der Waals surface area (Å²) >= 11 is 1.11. The van der Waals surface area contributed by atoms with Gasteiger partial charge >= 0.3 is 0 Å². The van der Waals surface area contributed by atoms with Crippen molar-refractivity contribution in [3.8, 4) is 11.5 Å². The Balaban J connectivity index is 2.80. The van der Waals surface area contributed by atoms with Crippen LogP contribution in [0, 0.1) is 16.6 Å². The number of hydrogen-bond acceptors (Lipinski definition) is 1. The topological polar surface area (TPSA) is 0 Å². The summed E-state index contributed by atoms with van der Waals surface area (Å²) in [6.45, 7) is 6.51. The van der Waals surface area contributed by atoms with Crippen molar-refractivity contribution < 1.29 is 4.39 Å². The van der Waals surface area contributed by atoms with Gasteiger partial charge in [0.2, 0.25) is 0 Å². The molecule has 0 atom stereocenters. The summed E-state index contributed by atoms with van der Waals surface area (Å²) in [5, 5.41) is -0.158. The average Bonchev–Trinajstić information content (AvgIpc) is 2.30. The predicted octanol–water partition coefficient (Wildman–Crippen LogP) is 3.12. The Morgan fingerprint density at radius 2 is 2.00 bits per heavy atom. The fraction of sp³-hybridized carbons (Fsp3) is 0.333. The third-order valence-electron chi connectivity index (χ3n) is 1.13. The molecule has 0 aliphatic rings. The van der Waals surface area contributed by atoms with Gasteiger partial charge in [0, 0.05) is 0 Å². The highest BCUT2D eigenvalue weighted by molar-refractivity contribution is 7.10. The number of thiophene rings is 1. The van der Waals surface area contributed by atoms with E-state index in [1.807, 2.05) is 0 Å². The van der Waals surface area contributed by atoms with Gasteiger partial charge < -0.3 is 0 Å². The van der Waals surface area contributed by atoms with E-state index in [4.69, 9.17) is 0 Å². The fourth-order valence-electron chi connectivity index (χ4n) is 0.631. The normalized spacial score (nSPS) is 10.7. The van der Waals surface area contributed by atoms with Crippen molar-refractivity contribution in [2.24, 2.45) is 0 Å². The van der Waals surface area contributed by atoms with Crippen molar-refractivity contribution in [2.75, 3.05) is 0 Å². The third-order valence-corrected chi connectivity index (χ3v) is 2.80. The quantitative estimate of drug-likeness (QED) is 0.444. The van der Waals surface area contributed by atoms with Crippen LogP contribution in [0.25, 0.3) is 0 Å². The van der Waals surface area contributed by atoms with E-state index in [2.05, 4.69) is 31.1 Å². The summed E-state index contributed by atoms with van der Waals surface area (Å²) in [6.07, 6.45) is 0. The summed E-state index contributed by atoms with van der Waals surface area (Å²) in [6, 6.07) is 3.19. The Labute approximate surface area is 77.4 Å². The average molecular weight is 198 g/mol. The summed E-state index contributed by atoms with van der Waals surface area (Å²) in [5.74, 6) is 3.00. The third kappa shape index (κ3) is 3.20. The lowest BCUT2D eigenvalue weighted by molar-refractivity contribution is 0.657. The Morgan fingerprint density at radius 3 is 2.42 bits per heavy atom. The van der Waals surface area contributed by atoms with E-state index in [0.717, 1.165) is 16.2 Å². The molecule has 0 fully saturated rings. The molecule has 1 aromatic heterocycles. The molecule has 0 spiro atoms. The molecule has 1 rings (SSSR count). The van der Waals surface area contributed by atoms with Crippen molar-refractivity contribution in [3.63, 3.8) is 0 Å². The van der Waals surface area contributed by atoms with Gasteiger partial charge in [-0.1, -0.05) is 36.9 Å². The molecule has 12 heavy (non-hydrogen) atoms. The molecule has 0 aliphatic heterocycles. The van der Waals surface area contributed by atoms with Gasteiger partial charge in [0.1, 0.15) is 8.07 Å². The van der Waals surface area contributed by atoms with E-state index in [1.54, 1.807) is 6.07 Å². The maximum Gasteiger partial charge on any atom is 0.177 e. The van der Waals surface area contributed by atoms with Gasteiger partial charge in [-0.25, -0.2) is 0 Å². The molecule has 0 saturated heterocycles. The summed E-state index contributed by atoms with van der Waals surface area (Å²) in [4.78, 5) is 0.829. The molecule has 64 valence electrons. The van der Waals surface area contributed by atoms with Crippen LogP contribution in [0.15, 0.2) is 12.1 Å². The molecular weight excluding hydrogens is 187 g/mol. The monoisotopic (exact) mass is 198 g/mol. The maximum absolute atomic E-state index is 12.5. The lowest BCUT2D eigenvalue weighted by atomic mass is 10.5. The Hall–Kier alpha value is -0.593. The van der Waals surface area contributed by atoms with Crippen molar-refractivity contribution >= 4 is 19.4 Å². The molecule has 0 N–H and O–H groups in total. The first kappa shape index (κ1) is 9.49. The van der Waals surface area contributed by atoms with Crippen LogP contribution in [0.4, 0.5) is 4.39 Å². The maximum atomic E-state index is 12.5. The molecule has 0 aliphatic carbocycles. The van der Waals surface area contributed by atoms with Gasteiger partial charge in [-0.05, 0) is 12.1 Å².